The van der Waals surface area contributed by atoms with Crippen LogP contribution in [0.4, 0.5) is 5.69 Å². The number of rotatable bonds is 6. The fourth-order valence-electron chi connectivity index (χ4n) is 4.40. The maximum atomic E-state index is 13.7. The first kappa shape index (κ1) is 21.1. The minimum absolute atomic E-state index is 0.0997. The van der Waals surface area contributed by atoms with E-state index in [0.717, 1.165) is 25.7 Å². The van der Waals surface area contributed by atoms with Gasteiger partial charge in [0.2, 0.25) is 5.91 Å². The van der Waals surface area contributed by atoms with Crippen molar-refractivity contribution >= 4 is 17.5 Å². The van der Waals surface area contributed by atoms with Gasteiger partial charge in [0.1, 0.15) is 19.3 Å². The Morgan fingerprint density at radius 3 is 2.48 bits per heavy atom. The van der Waals surface area contributed by atoms with Crippen molar-refractivity contribution in [2.75, 3.05) is 18.1 Å². The van der Waals surface area contributed by atoms with Gasteiger partial charge in [-0.05, 0) is 54.8 Å². The maximum absolute atomic E-state index is 13.7. The van der Waals surface area contributed by atoms with Crippen molar-refractivity contribution in [2.24, 2.45) is 0 Å². The second kappa shape index (κ2) is 9.36. The Labute approximate surface area is 191 Å². The SMILES string of the molecule is O=C(NC1CCCC1)[C@@H](c1ccncc1)N(C(=O)c1ccco1)c1ccc2c(c1)OCCO2. The second-order valence-corrected chi connectivity index (χ2v) is 8.15. The van der Waals surface area contributed by atoms with Gasteiger partial charge in [-0.1, -0.05) is 12.8 Å². The first-order valence-electron chi connectivity index (χ1n) is 11.2. The van der Waals surface area contributed by atoms with Gasteiger partial charge in [0, 0.05) is 30.2 Å². The summed E-state index contributed by atoms with van der Waals surface area (Å²) in [7, 11) is 0. The van der Waals surface area contributed by atoms with Gasteiger partial charge >= 0.3 is 0 Å². The number of fused-ring (bicyclic) bond motifs is 1. The van der Waals surface area contributed by atoms with Crippen LogP contribution in [-0.4, -0.2) is 36.1 Å². The molecule has 1 aliphatic heterocycles. The number of hydrogen-bond donors (Lipinski definition) is 1. The number of pyridine rings is 1. The average Bonchev–Trinajstić information content (AvgIpc) is 3.57. The van der Waals surface area contributed by atoms with E-state index < -0.39 is 11.9 Å². The highest BCUT2D eigenvalue weighted by Gasteiger charge is 2.36. The van der Waals surface area contributed by atoms with E-state index in [0.29, 0.717) is 36.0 Å². The van der Waals surface area contributed by atoms with Crippen LogP contribution in [0.15, 0.2) is 65.5 Å². The van der Waals surface area contributed by atoms with Crippen LogP contribution >= 0.6 is 0 Å². The van der Waals surface area contributed by atoms with Crippen molar-refractivity contribution in [1.29, 1.82) is 0 Å². The highest BCUT2D eigenvalue weighted by molar-refractivity contribution is 6.08. The van der Waals surface area contributed by atoms with Crippen LogP contribution in [0.3, 0.4) is 0 Å². The van der Waals surface area contributed by atoms with Crippen molar-refractivity contribution in [1.82, 2.24) is 10.3 Å². The molecule has 0 spiro atoms. The molecule has 1 N–H and O–H groups in total. The standard InChI is InChI=1S/C25H25N3O5/c29-24(27-18-4-1-2-5-18)23(17-9-11-26-12-10-17)28(25(30)21-6-3-13-31-21)19-7-8-20-22(16-19)33-15-14-32-20/h3,6-13,16,18,23H,1-2,4-5,14-15H2,(H,27,29)/t23-/m1/s1. The van der Waals surface area contributed by atoms with Gasteiger partial charge in [0.05, 0.1) is 6.26 Å². The lowest BCUT2D eigenvalue weighted by Crippen LogP contribution is -2.46. The fraction of sp³-hybridized carbons (Fsp3) is 0.320. The van der Waals surface area contributed by atoms with Crippen molar-refractivity contribution in [3.05, 3.63) is 72.4 Å². The van der Waals surface area contributed by atoms with E-state index in [1.807, 2.05) is 0 Å². The summed E-state index contributed by atoms with van der Waals surface area (Å²) in [4.78, 5) is 32.9. The first-order chi connectivity index (χ1) is 16.2. The number of ether oxygens (including phenoxy) is 2. The molecule has 33 heavy (non-hydrogen) atoms. The zero-order valence-electron chi connectivity index (χ0n) is 18.1. The Morgan fingerprint density at radius 1 is 1.00 bits per heavy atom. The molecule has 1 atom stereocenters. The number of benzene rings is 1. The van der Waals surface area contributed by atoms with E-state index in [2.05, 4.69) is 10.3 Å². The predicted octanol–water partition coefficient (Wildman–Crippen LogP) is 3.89. The van der Waals surface area contributed by atoms with E-state index in [9.17, 15) is 9.59 Å². The Bertz CT molecular complexity index is 1110. The molecule has 2 aromatic heterocycles. The lowest BCUT2D eigenvalue weighted by atomic mass is 10.0. The molecule has 8 nitrogen and oxygen atoms in total. The van der Waals surface area contributed by atoms with E-state index >= 15 is 0 Å². The summed E-state index contributed by atoms with van der Waals surface area (Å²) in [5.41, 5.74) is 1.15. The molecule has 5 rings (SSSR count). The van der Waals surface area contributed by atoms with Gasteiger partial charge in [-0.2, -0.15) is 0 Å². The van der Waals surface area contributed by atoms with E-state index in [4.69, 9.17) is 13.9 Å². The monoisotopic (exact) mass is 447 g/mol. The number of carbonyl (C=O) groups is 2. The number of amides is 2. The molecular weight excluding hydrogens is 422 g/mol. The molecule has 3 heterocycles. The summed E-state index contributed by atoms with van der Waals surface area (Å²) in [5, 5.41) is 3.15. The Hall–Kier alpha value is -3.81. The first-order valence-corrected chi connectivity index (χ1v) is 11.2. The number of hydrogen-bond acceptors (Lipinski definition) is 6. The Morgan fingerprint density at radius 2 is 1.76 bits per heavy atom. The van der Waals surface area contributed by atoms with Crippen LogP contribution in [0.2, 0.25) is 0 Å². The molecule has 1 aliphatic carbocycles. The van der Waals surface area contributed by atoms with Gasteiger partial charge in [-0.25, -0.2) is 0 Å². The quantitative estimate of drug-likeness (QED) is 0.616. The third-order valence-corrected chi connectivity index (χ3v) is 5.98. The molecule has 0 saturated heterocycles. The van der Waals surface area contributed by atoms with Crippen LogP contribution in [-0.2, 0) is 4.79 Å². The van der Waals surface area contributed by atoms with Crippen LogP contribution in [0.1, 0.15) is 47.8 Å². The van der Waals surface area contributed by atoms with Crippen molar-refractivity contribution in [3.8, 4) is 11.5 Å². The summed E-state index contributed by atoms with van der Waals surface area (Å²) in [6.07, 6.45) is 8.71. The minimum atomic E-state index is -0.922. The molecule has 2 amide bonds. The second-order valence-electron chi connectivity index (χ2n) is 8.15. The van der Waals surface area contributed by atoms with Gasteiger partial charge < -0.3 is 19.2 Å². The number of aromatic nitrogens is 1. The van der Waals surface area contributed by atoms with Crippen LogP contribution < -0.4 is 19.7 Å². The summed E-state index contributed by atoms with van der Waals surface area (Å²) in [6.45, 7) is 0.878. The molecule has 170 valence electrons. The average molecular weight is 447 g/mol. The topological polar surface area (TPSA) is 93.9 Å². The Balaban J connectivity index is 1.59. The predicted molar refractivity (Wildman–Crippen MR) is 120 cm³/mol. The number of furan rings is 1. The number of carbonyl (C=O) groups excluding carboxylic acids is 2. The van der Waals surface area contributed by atoms with Gasteiger partial charge in [-0.3, -0.25) is 19.5 Å². The summed E-state index contributed by atoms with van der Waals surface area (Å²) >= 11 is 0. The molecule has 0 bridgehead atoms. The zero-order valence-corrected chi connectivity index (χ0v) is 18.1. The van der Waals surface area contributed by atoms with E-state index in [1.165, 1.54) is 11.2 Å². The lowest BCUT2D eigenvalue weighted by molar-refractivity contribution is -0.123. The maximum Gasteiger partial charge on any atom is 0.294 e. The summed E-state index contributed by atoms with van der Waals surface area (Å²) < 4.78 is 16.8. The lowest BCUT2D eigenvalue weighted by Gasteiger charge is -2.32. The van der Waals surface area contributed by atoms with Crippen molar-refractivity contribution < 1.29 is 23.5 Å². The zero-order chi connectivity index (χ0) is 22.6. The smallest absolute Gasteiger partial charge is 0.294 e. The van der Waals surface area contributed by atoms with Gasteiger partial charge in [-0.15, -0.1) is 0 Å². The highest BCUT2D eigenvalue weighted by Crippen LogP contribution is 2.38. The highest BCUT2D eigenvalue weighted by atomic mass is 16.6. The molecule has 0 unspecified atom stereocenters. The third kappa shape index (κ3) is 4.41. The third-order valence-electron chi connectivity index (χ3n) is 5.98. The van der Waals surface area contributed by atoms with Crippen LogP contribution in [0.25, 0.3) is 0 Å². The van der Waals surface area contributed by atoms with Crippen molar-refractivity contribution in [2.45, 2.75) is 37.8 Å². The minimum Gasteiger partial charge on any atom is -0.486 e. The molecule has 1 saturated carbocycles. The molecule has 3 aromatic rings. The Kier molecular flexibility index (Phi) is 5.97. The molecule has 1 aromatic carbocycles. The van der Waals surface area contributed by atoms with E-state index in [-0.39, 0.29) is 17.7 Å². The molecule has 2 aliphatic rings. The van der Waals surface area contributed by atoms with Crippen LogP contribution in [0.5, 0.6) is 11.5 Å². The summed E-state index contributed by atoms with van der Waals surface area (Å²) in [6, 6.07) is 11.2. The largest absolute Gasteiger partial charge is 0.486 e. The number of nitrogens with zero attached hydrogens (tertiary/aromatic N) is 2. The molecule has 8 heteroatoms. The molecule has 0 radical (unpaired) electrons. The normalized spacial score (nSPS) is 16.2. The van der Waals surface area contributed by atoms with Crippen LogP contribution in [0, 0.1) is 0 Å². The van der Waals surface area contributed by atoms with E-state index in [1.54, 1.807) is 54.9 Å². The number of anilines is 1. The van der Waals surface area contributed by atoms with Gasteiger partial charge in [0.25, 0.3) is 5.91 Å². The number of nitrogens with one attached hydrogen (secondary N) is 1. The summed E-state index contributed by atoms with van der Waals surface area (Å²) in [5.74, 6) is 0.590. The fourth-order valence-corrected chi connectivity index (χ4v) is 4.40. The molecule has 1 fully saturated rings. The molecular formula is C25H25N3O5. The van der Waals surface area contributed by atoms with Crippen molar-refractivity contribution in [3.63, 3.8) is 0 Å². The van der Waals surface area contributed by atoms with Gasteiger partial charge in [0.15, 0.2) is 17.3 Å².